The Labute approximate surface area is 118 Å². The number of methoxy groups -OCH3 is 1. The second-order valence-electron chi connectivity index (χ2n) is 5.76. The van der Waals surface area contributed by atoms with E-state index in [9.17, 15) is 0 Å². The Morgan fingerprint density at radius 3 is 2.37 bits per heavy atom. The summed E-state index contributed by atoms with van der Waals surface area (Å²) in [7, 11) is 8.00. The van der Waals surface area contributed by atoms with Crippen molar-refractivity contribution >= 4 is 0 Å². The first-order chi connectivity index (χ1) is 8.87. The van der Waals surface area contributed by atoms with Gasteiger partial charge in [0, 0.05) is 5.54 Å². The molecule has 0 saturated heterocycles. The zero-order valence-electron chi connectivity index (χ0n) is 13.4. The summed E-state index contributed by atoms with van der Waals surface area (Å²) in [4.78, 5) is 2.26. The van der Waals surface area contributed by atoms with Crippen molar-refractivity contribution < 1.29 is 4.74 Å². The first kappa shape index (κ1) is 16.0. The molecule has 0 bridgehead atoms. The molecule has 3 nitrogen and oxygen atoms in total. The first-order valence-electron chi connectivity index (χ1n) is 6.89. The minimum atomic E-state index is 0.00308. The Balaban J connectivity index is 3.25. The summed E-state index contributed by atoms with van der Waals surface area (Å²) in [6, 6.07) is 6.83. The first-order valence-corrected chi connectivity index (χ1v) is 6.89. The van der Waals surface area contributed by atoms with E-state index in [1.54, 1.807) is 7.11 Å². The summed E-state index contributed by atoms with van der Waals surface area (Å²) in [5.41, 5.74) is 2.59. The lowest BCUT2D eigenvalue weighted by atomic mass is 9.87. The van der Waals surface area contributed by atoms with Crippen LogP contribution in [0.2, 0.25) is 0 Å². The summed E-state index contributed by atoms with van der Waals surface area (Å²) in [5.74, 6) is 0.978. The zero-order valence-corrected chi connectivity index (χ0v) is 13.4. The molecule has 108 valence electrons. The van der Waals surface area contributed by atoms with Gasteiger partial charge in [-0.25, -0.2) is 0 Å². The fourth-order valence-corrected chi connectivity index (χ4v) is 2.74. The molecule has 1 N–H and O–H groups in total. The van der Waals surface area contributed by atoms with E-state index in [2.05, 4.69) is 63.3 Å². The van der Waals surface area contributed by atoms with Gasteiger partial charge in [0.2, 0.25) is 0 Å². The highest BCUT2D eigenvalue weighted by Gasteiger charge is 2.31. The van der Waals surface area contributed by atoms with Gasteiger partial charge in [0.05, 0.1) is 13.2 Å². The molecule has 0 aliphatic carbocycles. The van der Waals surface area contributed by atoms with Crippen LogP contribution in [0.15, 0.2) is 18.2 Å². The van der Waals surface area contributed by atoms with Gasteiger partial charge in [-0.05, 0) is 58.6 Å². The van der Waals surface area contributed by atoms with E-state index in [4.69, 9.17) is 4.74 Å². The van der Waals surface area contributed by atoms with Gasteiger partial charge in [-0.3, -0.25) is 0 Å². The van der Waals surface area contributed by atoms with Crippen molar-refractivity contribution in [3.63, 3.8) is 0 Å². The Hall–Kier alpha value is -1.06. The van der Waals surface area contributed by atoms with Crippen LogP contribution in [-0.2, 0) is 6.42 Å². The number of nitrogens with zero attached hydrogens (tertiary/aromatic N) is 1. The third-order valence-corrected chi connectivity index (χ3v) is 3.85. The molecule has 0 saturated carbocycles. The van der Waals surface area contributed by atoms with E-state index in [1.807, 2.05) is 7.05 Å². The molecule has 0 radical (unpaired) electrons. The highest BCUT2D eigenvalue weighted by molar-refractivity contribution is 5.39. The van der Waals surface area contributed by atoms with Crippen LogP contribution in [0.3, 0.4) is 0 Å². The Morgan fingerprint density at radius 2 is 1.95 bits per heavy atom. The molecule has 3 heteroatoms. The molecular formula is C16H28N2O. The quantitative estimate of drug-likeness (QED) is 0.855. The molecule has 0 spiro atoms. The molecule has 0 aromatic heterocycles. The van der Waals surface area contributed by atoms with Gasteiger partial charge >= 0.3 is 0 Å². The maximum absolute atomic E-state index is 5.41. The molecule has 1 aromatic rings. The standard InChI is InChI=1S/C16H28N2O/c1-8-12-11-13(9-10-14(12)19-7)15(18(5)6)16(2,3)17-4/h9-11,15,17H,8H2,1-7H3. The second kappa shape index (κ2) is 6.40. The molecule has 1 aromatic carbocycles. The smallest absolute Gasteiger partial charge is 0.122 e. The lowest BCUT2D eigenvalue weighted by Gasteiger charge is -2.39. The van der Waals surface area contributed by atoms with Crippen molar-refractivity contribution in [2.24, 2.45) is 0 Å². The lowest BCUT2D eigenvalue weighted by molar-refractivity contribution is 0.177. The zero-order chi connectivity index (χ0) is 14.6. The highest BCUT2D eigenvalue weighted by atomic mass is 16.5. The van der Waals surface area contributed by atoms with E-state index >= 15 is 0 Å². The predicted octanol–water partition coefficient (Wildman–Crippen LogP) is 2.86. The molecule has 1 unspecified atom stereocenters. The van der Waals surface area contributed by atoms with Crippen molar-refractivity contribution in [3.05, 3.63) is 29.3 Å². The van der Waals surface area contributed by atoms with Crippen molar-refractivity contribution in [1.29, 1.82) is 0 Å². The fourth-order valence-electron chi connectivity index (χ4n) is 2.74. The molecule has 1 atom stereocenters. The summed E-state index contributed by atoms with van der Waals surface area (Å²) in [6.45, 7) is 6.62. The minimum absolute atomic E-state index is 0.00308. The van der Waals surface area contributed by atoms with Crippen LogP contribution >= 0.6 is 0 Å². The summed E-state index contributed by atoms with van der Waals surface area (Å²) >= 11 is 0. The highest BCUT2D eigenvalue weighted by Crippen LogP contribution is 2.32. The normalized spacial score (nSPS) is 13.7. The minimum Gasteiger partial charge on any atom is -0.496 e. The van der Waals surface area contributed by atoms with E-state index in [0.717, 1.165) is 12.2 Å². The largest absolute Gasteiger partial charge is 0.496 e. The van der Waals surface area contributed by atoms with Gasteiger partial charge in [-0.15, -0.1) is 0 Å². The van der Waals surface area contributed by atoms with E-state index < -0.39 is 0 Å². The average Bonchev–Trinajstić information content (AvgIpc) is 2.37. The number of ether oxygens (including phenoxy) is 1. The number of likely N-dealkylation sites (N-methyl/N-ethyl adjacent to an activating group) is 2. The molecule has 0 heterocycles. The van der Waals surface area contributed by atoms with Gasteiger partial charge < -0.3 is 15.0 Å². The van der Waals surface area contributed by atoms with Crippen LogP contribution < -0.4 is 10.1 Å². The van der Waals surface area contributed by atoms with Crippen molar-refractivity contribution in [1.82, 2.24) is 10.2 Å². The van der Waals surface area contributed by atoms with E-state index in [1.165, 1.54) is 11.1 Å². The average molecular weight is 264 g/mol. The van der Waals surface area contributed by atoms with Crippen LogP contribution in [0.1, 0.15) is 37.9 Å². The molecule has 0 aliphatic heterocycles. The maximum atomic E-state index is 5.41. The second-order valence-corrected chi connectivity index (χ2v) is 5.76. The van der Waals surface area contributed by atoms with Crippen LogP contribution in [0, 0.1) is 0 Å². The maximum Gasteiger partial charge on any atom is 0.122 e. The third-order valence-electron chi connectivity index (χ3n) is 3.85. The number of hydrogen-bond acceptors (Lipinski definition) is 3. The number of rotatable bonds is 6. The van der Waals surface area contributed by atoms with E-state index in [0.29, 0.717) is 6.04 Å². The van der Waals surface area contributed by atoms with Crippen molar-refractivity contribution in [2.75, 3.05) is 28.3 Å². The van der Waals surface area contributed by atoms with Crippen LogP contribution in [0.5, 0.6) is 5.75 Å². The van der Waals surface area contributed by atoms with Gasteiger partial charge in [0.15, 0.2) is 0 Å². The molecule has 0 amide bonds. The molecule has 0 fully saturated rings. The molecule has 1 rings (SSSR count). The van der Waals surface area contributed by atoms with Crippen LogP contribution in [0.4, 0.5) is 0 Å². The molecule has 0 aliphatic rings. The monoisotopic (exact) mass is 264 g/mol. The van der Waals surface area contributed by atoms with Crippen molar-refractivity contribution in [3.8, 4) is 5.75 Å². The Kier molecular flexibility index (Phi) is 5.39. The van der Waals surface area contributed by atoms with Gasteiger partial charge in [0.1, 0.15) is 5.75 Å². The molecular weight excluding hydrogens is 236 g/mol. The number of nitrogens with one attached hydrogen (secondary N) is 1. The number of hydrogen-bond donors (Lipinski definition) is 1. The summed E-state index contributed by atoms with van der Waals surface area (Å²) < 4.78 is 5.41. The van der Waals surface area contributed by atoms with Gasteiger partial charge in [0.25, 0.3) is 0 Å². The Bertz CT molecular complexity index is 413. The number of benzene rings is 1. The lowest BCUT2D eigenvalue weighted by Crippen LogP contribution is -2.48. The van der Waals surface area contributed by atoms with Gasteiger partial charge in [-0.2, -0.15) is 0 Å². The van der Waals surface area contributed by atoms with Crippen LogP contribution in [0.25, 0.3) is 0 Å². The van der Waals surface area contributed by atoms with Crippen molar-refractivity contribution in [2.45, 2.75) is 38.8 Å². The molecule has 19 heavy (non-hydrogen) atoms. The number of aryl methyl sites for hydroxylation is 1. The Morgan fingerprint density at radius 1 is 1.32 bits per heavy atom. The van der Waals surface area contributed by atoms with Crippen LogP contribution in [-0.4, -0.2) is 38.7 Å². The topological polar surface area (TPSA) is 24.5 Å². The van der Waals surface area contributed by atoms with Gasteiger partial charge in [-0.1, -0.05) is 19.1 Å². The SMILES string of the molecule is CCc1cc(C(N(C)C)C(C)(C)NC)ccc1OC. The fraction of sp³-hybridized carbons (Fsp3) is 0.625. The third kappa shape index (κ3) is 3.48. The summed E-state index contributed by atoms with van der Waals surface area (Å²) in [6.07, 6.45) is 0.983. The summed E-state index contributed by atoms with van der Waals surface area (Å²) in [5, 5.41) is 3.41. The van der Waals surface area contributed by atoms with E-state index in [-0.39, 0.29) is 5.54 Å². The predicted molar refractivity (Wildman–Crippen MR) is 81.9 cm³/mol.